The van der Waals surface area contributed by atoms with E-state index in [4.69, 9.17) is 0 Å². The number of unbranched alkanes of at least 4 members (excludes halogenated alkanes) is 9. The summed E-state index contributed by atoms with van der Waals surface area (Å²) in [5.41, 5.74) is 0. The van der Waals surface area contributed by atoms with Crippen molar-refractivity contribution in [2.75, 3.05) is 17.3 Å². The van der Waals surface area contributed by atoms with Crippen molar-refractivity contribution < 1.29 is 0 Å². The van der Waals surface area contributed by atoms with E-state index < -0.39 is 8.46 Å². The van der Waals surface area contributed by atoms with Crippen LogP contribution in [0.1, 0.15) is 97.8 Å². The third-order valence-electron chi connectivity index (χ3n) is 4.09. The van der Waals surface area contributed by atoms with Gasteiger partial charge in [-0.3, -0.25) is 0 Å². The Morgan fingerprint density at radius 3 is 1.25 bits per heavy atom. The minimum absolute atomic E-state index is 0.463. The Morgan fingerprint density at radius 2 is 0.850 bits per heavy atom. The van der Waals surface area contributed by atoms with Crippen LogP contribution < -0.4 is 0 Å². The second-order valence-corrected chi connectivity index (χ2v) is 13.5. The minimum atomic E-state index is -0.463. The fraction of sp³-hybridized carbons (Fsp3) is 1.00. The van der Waals surface area contributed by atoms with Gasteiger partial charge in [0.2, 0.25) is 0 Å². The third-order valence-corrected chi connectivity index (χ3v) is 10.1. The molecule has 124 valence electrons. The molecule has 0 radical (unpaired) electrons. The molecule has 0 aromatic heterocycles. The summed E-state index contributed by atoms with van der Waals surface area (Å²) < 4.78 is 0. The van der Waals surface area contributed by atoms with Crippen LogP contribution in [-0.4, -0.2) is 17.3 Å². The first kappa shape index (κ1) is 20.8. The van der Waals surface area contributed by atoms with E-state index in [9.17, 15) is 0 Å². The van der Waals surface area contributed by atoms with Gasteiger partial charge in [-0.2, -0.15) is 8.46 Å². The van der Waals surface area contributed by atoms with Crippen LogP contribution in [0.5, 0.6) is 0 Å². The highest BCUT2D eigenvalue weighted by molar-refractivity contribution is 9.58. The summed E-state index contributed by atoms with van der Waals surface area (Å²) in [5, 5.41) is 0. The lowest BCUT2D eigenvalue weighted by atomic mass is 10.2. The fourth-order valence-corrected chi connectivity index (χ4v) is 7.56. The topological polar surface area (TPSA) is 0 Å². The monoisotopic (exact) mass is 366 g/mol. The maximum atomic E-state index is 4.21. The fourth-order valence-electron chi connectivity index (χ4n) is 2.64. The molecule has 0 atom stereocenters. The van der Waals surface area contributed by atoms with Crippen molar-refractivity contribution in [2.45, 2.75) is 97.8 Å². The average molecular weight is 367 g/mol. The van der Waals surface area contributed by atoms with Crippen LogP contribution in [-0.2, 0) is 0 Å². The molecule has 0 saturated carbocycles. The number of hydrogen-bond acceptors (Lipinski definition) is 0. The molecule has 0 aromatic carbocycles. The molecule has 0 nitrogen and oxygen atoms in total. The Hall–Kier alpha value is 0.830. The zero-order valence-electron chi connectivity index (χ0n) is 14.4. The number of hydrogen-bond donors (Lipinski definition) is 0. The highest BCUT2D eigenvalue weighted by atomic mass is 79.9. The van der Waals surface area contributed by atoms with Gasteiger partial charge in [-0.25, -0.2) is 0 Å². The standard InChI is InChI=1S/C18H39BrS/c1-4-7-10-12-14-17-20(19,16-9-6-3)18-15-13-11-8-5-2/h4-18H2,1-3H3. The first-order valence-corrected chi connectivity index (χ1v) is 13.1. The first-order valence-electron chi connectivity index (χ1n) is 9.14. The normalized spacial score (nSPS) is 12.8. The van der Waals surface area contributed by atoms with Crippen molar-refractivity contribution in [3.63, 3.8) is 0 Å². The Labute approximate surface area is 138 Å². The molecule has 20 heavy (non-hydrogen) atoms. The quantitative estimate of drug-likeness (QED) is 0.259. The van der Waals surface area contributed by atoms with Crippen LogP contribution in [0, 0.1) is 0 Å². The van der Waals surface area contributed by atoms with Crippen LogP contribution in [0.15, 0.2) is 0 Å². The molecule has 0 aliphatic rings. The smallest absolute Gasteiger partial charge is 0.0136 e. The van der Waals surface area contributed by atoms with Crippen molar-refractivity contribution in [1.82, 2.24) is 0 Å². The minimum Gasteiger partial charge on any atom is -0.183 e. The summed E-state index contributed by atoms with van der Waals surface area (Å²) >= 11 is 4.21. The van der Waals surface area contributed by atoms with E-state index in [1.165, 1.54) is 94.3 Å². The largest absolute Gasteiger partial charge is 0.183 e. The van der Waals surface area contributed by atoms with Gasteiger partial charge in [0.15, 0.2) is 0 Å². The molecule has 0 unspecified atom stereocenters. The maximum Gasteiger partial charge on any atom is -0.0136 e. The van der Waals surface area contributed by atoms with Crippen LogP contribution >= 0.6 is 23.3 Å². The Balaban J connectivity index is 3.88. The van der Waals surface area contributed by atoms with Gasteiger partial charge in [-0.15, -0.1) is 0 Å². The molecule has 0 heterocycles. The van der Waals surface area contributed by atoms with Gasteiger partial charge in [0, 0.05) is 0 Å². The summed E-state index contributed by atoms with van der Waals surface area (Å²) in [6.45, 7) is 6.94. The third kappa shape index (κ3) is 12.6. The summed E-state index contributed by atoms with van der Waals surface area (Å²) in [6.07, 6.45) is 17.1. The Kier molecular flexibility index (Phi) is 15.4. The SMILES string of the molecule is CCCCCCCS(Br)(CCCC)CCCCCCC. The average Bonchev–Trinajstić information content (AvgIpc) is 2.45. The van der Waals surface area contributed by atoms with Crippen molar-refractivity contribution in [1.29, 1.82) is 0 Å². The predicted molar refractivity (Wildman–Crippen MR) is 104 cm³/mol. The van der Waals surface area contributed by atoms with E-state index >= 15 is 0 Å². The molecule has 0 aliphatic heterocycles. The molecule has 0 saturated heterocycles. The lowest BCUT2D eigenvalue weighted by Gasteiger charge is -2.34. The summed E-state index contributed by atoms with van der Waals surface area (Å²) in [6, 6.07) is 0. The molecule has 0 rings (SSSR count). The summed E-state index contributed by atoms with van der Waals surface area (Å²) in [4.78, 5) is 0. The van der Waals surface area contributed by atoms with E-state index in [1.807, 2.05) is 0 Å². The molecule has 0 fully saturated rings. The molecule has 0 bridgehead atoms. The van der Waals surface area contributed by atoms with E-state index in [0.717, 1.165) is 0 Å². The van der Waals surface area contributed by atoms with Crippen LogP contribution in [0.2, 0.25) is 0 Å². The Morgan fingerprint density at radius 1 is 0.500 bits per heavy atom. The van der Waals surface area contributed by atoms with Crippen molar-refractivity contribution in [3.8, 4) is 0 Å². The molecular formula is C18H39BrS. The lowest BCUT2D eigenvalue weighted by molar-refractivity contribution is 0.653. The van der Waals surface area contributed by atoms with E-state index in [2.05, 4.69) is 35.6 Å². The summed E-state index contributed by atoms with van der Waals surface area (Å²) in [7, 11) is -0.463. The van der Waals surface area contributed by atoms with Crippen molar-refractivity contribution in [3.05, 3.63) is 0 Å². The zero-order valence-corrected chi connectivity index (χ0v) is 16.8. The zero-order chi connectivity index (χ0) is 15.1. The number of halogens is 1. The van der Waals surface area contributed by atoms with E-state index in [0.29, 0.717) is 0 Å². The van der Waals surface area contributed by atoms with Gasteiger partial charge < -0.3 is 0 Å². The molecule has 0 aromatic rings. The molecule has 2 heteroatoms. The maximum absolute atomic E-state index is 4.21. The highest BCUT2D eigenvalue weighted by Crippen LogP contribution is 2.57. The van der Waals surface area contributed by atoms with Gasteiger partial charge in [0.05, 0.1) is 0 Å². The van der Waals surface area contributed by atoms with E-state index in [1.54, 1.807) is 0 Å². The highest BCUT2D eigenvalue weighted by Gasteiger charge is 2.18. The lowest BCUT2D eigenvalue weighted by Crippen LogP contribution is -2.08. The van der Waals surface area contributed by atoms with Crippen LogP contribution in [0.4, 0.5) is 0 Å². The first-order chi connectivity index (χ1) is 9.68. The van der Waals surface area contributed by atoms with Gasteiger partial charge in [-0.1, -0.05) is 78.6 Å². The number of rotatable bonds is 15. The summed E-state index contributed by atoms with van der Waals surface area (Å²) in [5.74, 6) is 4.42. The second-order valence-electron chi connectivity index (χ2n) is 6.23. The van der Waals surface area contributed by atoms with E-state index in [-0.39, 0.29) is 0 Å². The molecule has 0 amide bonds. The van der Waals surface area contributed by atoms with Crippen LogP contribution in [0.3, 0.4) is 0 Å². The van der Waals surface area contributed by atoms with Gasteiger partial charge in [-0.05, 0) is 51.3 Å². The van der Waals surface area contributed by atoms with Gasteiger partial charge in [0.25, 0.3) is 0 Å². The van der Waals surface area contributed by atoms with Gasteiger partial charge >= 0.3 is 0 Å². The van der Waals surface area contributed by atoms with Gasteiger partial charge in [0.1, 0.15) is 0 Å². The second kappa shape index (κ2) is 14.8. The molecule has 0 spiro atoms. The van der Waals surface area contributed by atoms with Crippen molar-refractivity contribution >= 4 is 23.3 Å². The predicted octanol–water partition coefficient (Wildman–Crippen LogP) is 7.84. The molecular weight excluding hydrogens is 328 g/mol. The molecule has 0 N–H and O–H groups in total. The molecule has 0 aliphatic carbocycles. The van der Waals surface area contributed by atoms with Crippen LogP contribution in [0.25, 0.3) is 0 Å². The van der Waals surface area contributed by atoms with Crippen molar-refractivity contribution in [2.24, 2.45) is 0 Å². The Bertz CT molecular complexity index is 180.